The summed E-state index contributed by atoms with van der Waals surface area (Å²) in [5, 5.41) is 0. The normalized spacial score (nSPS) is 12.7. The molecular formula is C11H17NO2. The van der Waals surface area contributed by atoms with Crippen LogP contribution in [0.4, 0.5) is 0 Å². The second-order valence-corrected chi connectivity index (χ2v) is 3.11. The highest BCUT2D eigenvalue weighted by molar-refractivity contribution is 5.13. The first-order chi connectivity index (χ1) is 6.86. The standard InChI is InChI=1S/C11H17NO2/c1-13-9-11(7-12)14-8-10-5-3-2-4-6-10/h2-6,11H,7-9,12H2,1H3. The minimum absolute atomic E-state index is 0.0137. The van der Waals surface area contributed by atoms with Crippen LogP contribution in [0.25, 0.3) is 0 Å². The van der Waals surface area contributed by atoms with Crippen LogP contribution in [-0.2, 0) is 16.1 Å². The van der Waals surface area contributed by atoms with Gasteiger partial charge in [-0.25, -0.2) is 0 Å². The monoisotopic (exact) mass is 195 g/mol. The molecule has 1 atom stereocenters. The lowest BCUT2D eigenvalue weighted by molar-refractivity contribution is -0.00562. The van der Waals surface area contributed by atoms with E-state index < -0.39 is 0 Å². The Hall–Kier alpha value is -0.900. The van der Waals surface area contributed by atoms with Crippen LogP contribution < -0.4 is 5.73 Å². The summed E-state index contributed by atoms with van der Waals surface area (Å²) in [4.78, 5) is 0. The predicted octanol–water partition coefficient (Wildman–Crippen LogP) is 1.18. The molecule has 3 heteroatoms. The maximum atomic E-state index is 5.57. The van der Waals surface area contributed by atoms with Gasteiger partial charge in [-0.15, -0.1) is 0 Å². The fourth-order valence-electron chi connectivity index (χ4n) is 1.16. The van der Waals surface area contributed by atoms with E-state index in [0.29, 0.717) is 19.8 Å². The molecule has 0 fully saturated rings. The summed E-state index contributed by atoms with van der Waals surface area (Å²) in [5.74, 6) is 0. The van der Waals surface area contributed by atoms with Crippen molar-refractivity contribution < 1.29 is 9.47 Å². The topological polar surface area (TPSA) is 44.5 Å². The van der Waals surface area contributed by atoms with Gasteiger partial charge in [-0.1, -0.05) is 30.3 Å². The van der Waals surface area contributed by atoms with E-state index in [9.17, 15) is 0 Å². The molecule has 0 aromatic heterocycles. The van der Waals surface area contributed by atoms with Crippen molar-refractivity contribution in [3.8, 4) is 0 Å². The van der Waals surface area contributed by atoms with Crippen LogP contribution in [0.1, 0.15) is 5.56 Å². The lowest BCUT2D eigenvalue weighted by atomic mass is 10.2. The summed E-state index contributed by atoms with van der Waals surface area (Å²) in [7, 11) is 1.65. The third kappa shape index (κ3) is 3.87. The van der Waals surface area contributed by atoms with Gasteiger partial charge in [-0.3, -0.25) is 0 Å². The molecular weight excluding hydrogens is 178 g/mol. The summed E-state index contributed by atoms with van der Waals surface area (Å²) in [6.45, 7) is 1.62. The quantitative estimate of drug-likeness (QED) is 0.741. The molecule has 0 amide bonds. The molecule has 0 heterocycles. The Labute approximate surface area is 84.8 Å². The average Bonchev–Trinajstić information content (AvgIpc) is 2.25. The van der Waals surface area contributed by atoms with Crippen LogP contribution in [-0.4, -0.2) is 26.4 Å². The third-order valence-electron chi connectivity index (χ3n) is 1.94. The van der Waals surface area contributed by atoms with Crippen molar-refractivity contribution in [1.29, 1.82) is 0 Å². The number of hydrogen-bond acceptors (Lipinski definition) is 3. The molecule has 0 aliphatic carbocycles. The highest BCUT2D eigenvalue weighted by Crippen LogP contribution is 2.02. The second-order valence-electron chi connectivity index (χ2n) is 3.11. The number of methoxy groups -OCH3 is 1. The molecule has 1 aromatic carbocycles. The van der Waals surface area contributed by atoms with E-state index >= 15 is 0 Å². The van der Waals surface area contributed by atoms with E-state index in [1.54, 1.807) is 7.11 Å². The lowest BCUT2D eigenvalue weighted by Gasteiger charge is -2.14. The maximum Gasteiger partial charge on any atom is 0.0934 e. The first-order valence-corrected chi connectivity index (χ1v) is 4.71. The van der Waals surface area contributed by atoms with Gasteiger partial charge in [0.15, 0.2) is 0 Å². The summed E-state index contributed by atoms with van der Waals surface area (Å²) >= 11 is 0. The van der Waals surface area contributed by atoms with E-state index in [-0.39, 0.29) is 6.10 Å². The first-order valence-electron chi connectivity index (χ1n) is 4.71. The predicted molar refractivity (Wildman–Crippen MR) is 55.9 cm³/mol. The molecule has 0 radical (unpaired) electrons. The van der Waals surface area contributed by atoms with Gasteiger partial charge in [-0.05, 0) is 5.56 Å². The van der Waals surface area contributed by atoms with Gasteiger partial charge in [-0.2, -0.15) is 0 Å². The molecule has 1 aromatic rings. The van der Waals surface area contributed by atoms with E-state index in [4.69, 9.17) is 15.2 Å². The largest absolute Gasteiger partial charge is 0.382 e. The van der Waals surface area contributed by atoms with Crippen LogP contribution in [0, 0.1) is 0 Å². The van der Waals surface area contributed by atoms with Crippen molar-refractivity contribution >= 4 is 0 Å². The smallest absolute Gasteiger partial charge is 0.0934 e. The lowest BCUT2D eigenvalue weighted by Crippen LogP contribution is -2.28. The van der Waals surface area contributed by atoms with Gasteiger partial charge in [0.2, 0.25) is 0 Å². The zero-order chi connectivity index (χ0) is 10.2. The van der Waals surface area contributed by atoms with Crippen LogP contribution >= 0.6 is 0 Å². The highest BCUT2D eigenvalue weighted by Gasteiger charge is 2.05. The van der Waals surface area contributed by atoms with Gasteiger partial charge in [0.1, 0.15) is 0 Å². The molecule has 0 bridgehead atoms. The number of benzene rings is 1. The van der Waals surface area contributed by atoms with Gasteiger partial charge < -0.3 is 15.2 Å². The third-order valence-corrected chi connectivity index (χ3v) is 1.94. The van der Waals surface area contributed by atoms with E-state index in [1.807, 2.05) is 30.3 Å². The molecule has 0 aliphatic heterocycles. The molecule has 0 spiro atoms. The Morgan fingerprint density at radius 3 is 2.57 bits per heavy atom. The van der Waals surface area contributed by atoms with Gasteiger partial charge >= 0.3 is 0 Å². The Morgan fingerprint density at radius 2 is 2.00 bits per heavy atom. The number of rotatable bonds is 6. The van der Waals surface area contributed by atoms with Crippen molar-refractivity contribution in [2.45, 2.75) is 12.7 Å². The van der Waals surface area contributed by atoms with Crippen molar-refractivity contribution in [1.82, 2.24) is 0 Å². The van der Waals surface area contributed by atoms with E-state index in [1.165, 1.54) is 0 Å². The van der Waals surface area contributed by atoms with Crippen molar-refractivity contribution in [2.75, 3.05) is 20.3 Å². The molecule has 78 valence electrons. The number of ether oxygens (including phenoxy) is 2. The Bertz CT molecular complexity index is 238. The second kappa shape index (κ2) is 6.54. The minimum Gasteiger partial charge on any atom is -0.382 e. The van der Waals surface area contributed by atoms with E-state index in [0.717, 1.165) is 5.56 Å². The molecule has 0 saturated heterocycles. The van der Waals surface area contributed by atoms with Gasteiger partial charge in [0.25, 0.3) is 0 Å². The molecule has 0 aliphatic rings. The molecule has 1 unspecified atom stereocenters. The highest BCUT2D eigenvalue weighted by atomic mass is 16.5. The Morgan fingerprint density at radius 1 is 1.29 bits per heavy atom. The average molecular weight is 195 g/mol. The fourth-order valence-corrected chi connectivity index (χ4v) is 1.16. The summed E-state index contributed by atoms with van der Waals surface area (Å²) in [5.41, 5.74) is 6.67. The molecule has 14 heavy (non-hydrogen) atoms. The molecule has 2 N–H and O–H groups in total. The van der Waals surface area contributed by atoms with Crippen LogP contribution in [0.5, 0.6) is 0 Å². The minimum atomic E-state index is -0.0137. The van der Waals surface area contributed by atoms with Gasteiger partial charge in [0, 0.05) is 13.7 Å². The van der Waals surface area contributed by atoms with Crippen molar-refractivity contribution in [3.05, 3.63) is 35.9 Å². The maximum absolute atomic E-state index is 5.57. The molecule has 1 rings (SSSR count). The van der Waals surface area contributed by atoms with Crippen LogP contribution in [0.2, 0.25) is 0 Å². The number of hydrogen-bond donors (Lipinski definition) is 1. The molecule has 3 nitrogen and oxygen atoms in total. The zero-order valence-electron chi connectivity index (χ0n) is 8.48. The van der Waals surface area contributed by atoms with E-state index in [2.05, 4.69) is 0 Å². The van der Waals surface area contributed by atoms with Crippen molar-refractivity contribution in [2.24, 2.45) is 5.73 Å². The Kier molecular flexibility index (Phi) is 5.22. The number of nitrogens with two attached hydrogens (primary N) is 1. The zero-order valence-corrected chi connectivity index (χ0v) is 8.48. The fraction of sp³-hybridized carbons (Fsp3) is 0.455. The van der Waals surface area contributed by atoms with Crippen LogP contribution in [0.3, 0.4) is 0 Å². The summed E-state index contributed by atoms with van der Waals surface area (Å²) in [6.07, 6.45) is -0.0137. The molecule has 0 saturated carbocycles. The van der Waals surface area contributed by atoms with Crippen LogP contribution in [0.15, 0.2) is 30.3 Å². The summed E-state index contributed by atoms with van der Waals surface area (Å²) < 4.78 is 10.5. The van der Waals surface area contributed by atoms with Crippen molar-refractivity contribution in [3.63, 3.8) is 0 Å². The summed E-state index contributed by atoms with van der Waals surface area (Å²) in [6, 6.07) is 10.0. The van der Waals surface area contributed by atoms with Gasteiger partial charge in [0.05, 0.1) is 19.3 Å². The SMILES string of the molecule is COCC(CN)OCc1ccccc1. The first kappa shape index (κ1) is 11.2. The Balaban J connectivity index is 2.32.